The summed E-state index contributed by atoms with van der Waals surface area (Å²) in [6, 6.07) is 3.75. The van der Waals surface area contributed by atoms with Gasteiger partial charge in [0, 0.05) is 25.1 Å². The van der Waals surface area contributed by atoms with E-state index in [9.17, 15) is 4.79 Å². The molecule has 1 aromatic heterocycles. The summed E-state index contributed by atoms with van der Waals surface area (Å²) in [6.45, 7) is 4.86. The molecule has 1 N–H and O–H groups in total. The van der Waals surface area contributed by atoms with E-state index in [0.717, 1.165) is 23.3 Å². The third-order valence-electron chi connectivity index (χ3n) is 3.46. The highest BCUT2D eigenvalue weighted by Gasteiger charge is 2.19. The number of ether oxygens (including phenoxy) is 2. The molecule has 0 radical (unpaired) electrons. The minimum Gasteiger partial charge on any atom is -0.481 e. The third kappa shape index (κ3) is 2.66. The molecule has 21 heavy (non-hydrogen) atoms. The molecule has 6 heteroatoms. The highest BCUT2D eigenvalue weighted by atomic mass is 16.7. The Labute approximate surface area is 122 Å². The van der Waals surface area contributed by atoms with Gasteiger partial charge in [0.2, 0.25) is 6.79 Å². The number of aryl methyl sites for hydroxylation is 1. The van der Waals surface area contributed by atoms with E-state index >= 15 is 0 Å². The standard InChI is InChI=1S/C15H18N2O4/c1-9(2)5-14-16-10-6-12-13(21-8-20-12)7-11(10)17(14)4-3-15(18)19/h6-7,9H,3-5,8H2,1-2H3,(H,18,19). The van der Waals surface area contributed by atoms with E-state index in [1.165, 1.54) is 0 Å². The first kappa shape index (κ1) is 13.7. The van der Waals surface area contributed by atoms with Gasteiger partial charge in [-0.25, -0.2) is 4.98 Å². The van der Waals surface area contributed by atoms with Crippen molar-refractivity contribution < 1.29 is 19.4 Å². The Bertz CT molecular complexity index is 691. The second-order valence-electron chi connectivity index (χ2n) is 5.62. The van der Waals surface area contributed by atoms with Crippen molar-refractivity contribution in [2.45, 2.75) is 33.2 Å². The second kappa shape index (κ2) is 5.27. The van der Waals surface area contributed by atoms with Crippen LogP contribution in [0.4, 0.5) is 0 Å². The van der Waals surface area contributed by atoms with Gasteiger partial charge in [-0.2, -0.15) is 0 Å². The maximum atomic E-state index is 10.9. The molecule has 3 rings (SSSR count). The summed E-state index contributed by atoms with van der Waals surface area (Å²) in [4.78, 5) is 15.5. The maximum absolute atomic E-state index is 10.9. The summed E-state index contributed by atoms with van der Waals surface area (Å²) in [5.41, 5.74) is 1.72. The normalized spacial score (nSPS) is 13.3. The monoisotopic (exact) mass is 290 g/mol. The SMILES string of the molecule is CC(C)Cc1nc2cc3c(cc2n1CCC(=O)O)OCO3. The van der Waals surface area contributed by atoms with Gasteiger partial charge < -0.3 is 19.1 Å². The van der Waals surface area contributed by atoms with Gasteiger partial charge in [0.05, 0.1) is 17.5 Å². The Balaban J connectivity index is 2.06. The molecule has 0 spiro atoms. The minimum atomic E-state index is -0.812. The number of hydrogen-bond acceptors (Lipinski definition) is 4. The van der Waals surface area contributed by atoms with Crippen LogP contribution in [0.25, 0.3) is 11.0 Å². The first-order valence-corrected chi connectivity index (χ1v) is 7.05. The molecule has 0 unspecified atom stereocenters. The molecule has 2 heterocycles. The zero-order chi connectivity index (χ0) is 15.0. The Morgan fingerprint density at radius 1 is 1.38 bits per heavy atom. The van der Waals surface area contributed by atoms with Crippen LogP contribution < -0.4 is 9.47 Å². The number of carbonyl (C=O) groups is 1. The van der Waals surface area contributed by atoms with Crippen LogP contribution in [0.2, 0.25) is 0 Å². The predicted molar refractivity (Wildman–Crippen MR) is 76.7 cm³/mol. The molecule has 2 aromatic rings. The lowest BCUT2D eigenvalue weighted by Crippen LogP contribution is -2.10. The van der Waals surface area contributed by atoms with Crippen molar-refractivity contribution in [3.63, 3.8) is 0 Å². The van der Waals surface area contributed by atoms with Crippen LogP contribution in [-0.4, -0.2) is 27.4 Å². The lowest BCUT2D eigenvalue weighted by Gasteiger charge is -2.09. The molecule has 0 fully saturated rings. The average Bonchev–Trinajstić information content (AvgIpc) is 2.96. The Kier molecular flexibility index (Phi) is 3.45. The van der Waals surface area contributed by atoms with Gasteiger partial charge >= 0.3 is 5.97 Å². The summed E-state index contributed by atoms with van der Waals surface area (Å²) < 4.78 is 12.7. The molecule has 112 valence electrons. The molecule has 1 aliphatic heterocycles. The van der Waals surface area contributed by atoms with Crippen LogP contribution in [0.1, 0.15) is 26.1 Å². The summed E-state index contributed by atoms with van der Waals surface area (Å²) in [5.74, 6) is 1.93. The quantitative estimate of drug-likeness (QED) is 0.915. The van der Waals surface area contributed by atoms with Gasteiger partial charge in [-0.05, 0) is 5.92 Å². The first-order chi connectivity index (χ1) is 10.0. The van der Waals surface area contributed by atoms with Crippen molar-refractivity contribution in [3.05, 3.63) is 18.0 Å². The van der Waals surface area contributed by atoms with Gasteiger partial charge in [-0.3, -0.25) is 4.79 Å². The smallest absolute Gasteiger partial charge is 0.305 e. The number of benzene rings is 1. The van der Waals surface area contributed by atoms with Gasteiger partial charge in [0.25, 0.3) is 0 Å². The van der Waals surface area contributed by atoms with Crippen molar-refractivity contribution in [2.24, 2.45) is 5.92 Å². The van der Waals surface area contributed by atoms with E-state index in [2.05, 4.69) is 18.8 Å². The molecule has 0 saturated heterocycles. The number of rotatable bonds is 5. The molecule has 6 nitrogen and oxygen atoms in total. The number of carboxylic acids is 1. The molecule has 1 aliphatic rings. The maximum Gasteiger partial charge on any atom is 0.305 e. The lowest BCUT2D eigenvalue weighted by atomic mass is 10.1. The second-order valence-corrected chi connectivity index (χ2v) is 5.62. The average molecular weight is 290 g/mol. The van der Waals surface area contributed by atoms with Gasteiger partial charge in [-0.1, -0.05) is 13.8 Å². The topological polar surface area (TPSA) is 73.6 Å². The molecule has 0 bridgehead atoms. The van der Waals surface area contributed by atoms with Crippen molar-refractivity contribution in [1.82, 2.24) is 9.55 Å². The van der Waals surface area contributed by atoms with Crippen LogP contribution in [0.5, 0.6) is 11.5 Å². The van der Waals surface area contributed by atoms with Gasteiger partial charge in [-0.15, -0.1) is 0 Å². The van der Waals surface area contributed by atoms with E-state index in [1.807, 2.05) is 16.7 Å². The predicted octanol–water partition coefficient (Wildman–Crippen LogP) is 2.44. The van der Waals surface area contributed by atoms with Crippen LogP contribution in [0.15, 0.2) is 12.1 Å². The first-order valence-electron chi connectivity index (χ1n) is 7.05. The summed E-state index contributed by atoms with van der Waals surface area (Å²) in [5, 5.41) is 8.93. The van der Waals surface area contributed by atoms with E-state index in [4.69, 9.17) is 14.6 Å². The third-order valence-corrected chi connectivity index (χ3v) is 3.46. The molecule has 0 amide bonds. The number of carboxylic acid groups (broad SMARTS) is 1. The number of aromatic nitrogens is 2. The fourth-order valence-electron chi connectivity index (χ4n) is 2.54. The van der Waals surface area contributed by atoms with Crippen LogP contribution in [0, 0.1) is 5.92 Å². The zero-order valence-corrected chi connectivity index (χ0v) is 12.1. The Morgan fingerprint density at radius 2 is 2.10 bits per heavy atom. The number of imidazole rings is 1. The van der Waals surface area contributed by atoms with Gasteiger partial charge in [0.15, 0.2) is 11.5 Å². The van der Waals surface area contributed by atoms with E-state index < -0.39 is 5.97 Å². The fourth-order valence-corrected chi connectivity index (χ4v) is 2.54. The minimum absolute atomic E-state index is 0.0744. The fraction of sp³-hybridized carbons (Fsp3) is 0.467. The Hall–Kier alpha value is -2.24. The molecule has 0 saturated carbocycles. The number of fused-ring (bicyclic) bond motifs is 2. The highest BCUT2D eigenvalue weighted by molar-refractivity contribution is 5.81. The van der Waals surface area contributed by atoms with Crippen LogP contribution in [0.3, 0.4) is 0 Å². The van der Waals surface area contributed by atoms with Crippen LogP contribution >= 0.6 is 0 Å². The summed E-state index contributed by atoms with van der Waals surface area (Å²) >= 11 is 0. The molecular weight excluding hydrogens is 272 g/mol. The van der Waals surface area contributed by atoms with Crippen molar-refractivity contribution in [3.8, 4) is 11.5 Å². The van der Waals surface area contributed by atoms with Crippen molar-refractivity contribution in [1.29, 1.82) is 0 Å². The van der Waals surface area contributed by atoms with E-state index in [1.54, 1.807) is 0 Å². The van der Waals surface area contributed by atoms with Crippen molar-refractivity contribution >= 4 is 17.0 Å². The molecule has 0 aliphatic carbocycles. The summed E-state index contributed by atoms with van der Waals surface area (Å²) in [7, 11) is 0. The Morgan fingerprint density at radius 3 is 2.76 bits per heavy atom. The number of aliphatic carboxylic acids is 1. The summed E-state index contributed by atoms with van der Waals surface area (Å²) in [6.07, 6.45) is 0.881. The van der Waals surface area contributed by atoms with Crippen molar-refractivity contribution in [2.75, 3.05) is 6.79 Å². The van der Waals surface area contributed by atoms with E-state index in [0.29, 0.717) is 24.0 Å². The molecule has 0 atom stereocenters. The zero-order valence-electron chi connectivity index (χ0n) is 12.1. The van der Waals surface area contributed by atoms with E-state index in [-0.39, 0.29) is 13.2 Å². The molecular formula is C15H18N2O4. The van der Waals surface area contributed by atoms with Crippen LogP contribution in [-0.2, 0) is 17.8 Å². The largest absolute Gasteiger partial charge is 0.481 e. The molecule has 1 aromatic carbocycles. The van der Waals surface area contributed by atoms with Gasteiger partial charge in [0.1, 0.15) is 5.82 Å². The number of nitrogens with zero attached hydrogens (tertiary/aromatic N) is 2. The highest BCUT2D eigenvalue weighted by Crippen LogP contribution is 2.36. The number of hydrogen-bond donors (Lipinski definition) is 1. The lowest BCUT2D eigenvalue weighted by molar-refractivity contribution is -0.137.